The van der Waals surface area contributed by atoms with Crippen molar-refractivity contribution in [3.8, 4) is 0 Å². The van der Waals surface area contributed by atoms with Crippen molar-refractivity contribution >= 4 is 25.5 Å². The Kier molecular flexibility index (Phi) is 2.65. The molecule has 0 aliphatic rings. The summed E-state index contributed by atoms with van der Waals surface area (Å²) >= 11 is 0. The minimum absolute atomic E-state index is 0.114. The number of nitrogens with zero attached hydrogens (tertiary/aromatic N) is 2. The number of rotatable bonds is 1. The molecule has 0 saturated heterocycles. The summed E-state index contributed by atoms with van der Waals surface area (Å²) in [6, 6.07) is 0. The van der Waals surface area contributed by atoms with Gasteiger partial charge in [0.15, 0.2) is 0 Å². The van der Waals surface area contributed by atoms with Gasteiger partial charge in [0.25, 0.3) is 0 Å². The van der Waals surface area contributed by atoms with Crippen LogP contribution in [0.1, 0.15) is 0 Å². The van der Waals surface area contributed by atoms with E-state index in [9.17, 15) is 0 Å². The van der Waals surface area contributed by atoms with Crippen molar-refractivity contribution in [1.29, 1.82) is 0 Å². The second kappa shape index (κ2) is 3.32. The van der Waals surface area contributed by atoms with E-state index in [4.69, 9.17) is 5.11 Å². The van der Waals surface area contributed by atoms with Crippen LogP contribution in [0.25, 0.3) is 0 Å². The van der Waals surface area contributed by atoms with Crippen molar-refractivity contribution in [2.75, 3.05) is 0 Å². The number of nitrogens with one attached hydrogen (secondary N) is 1. The van der Waals surface area contributed by atoms with Gasteiger partial charge in [-0.15, -0.1) is 0 Å². The fourth-order valence-electron chi connectivity index (χ4n) is 0.276. The van der Waals surface area contributed by atoms with Gasteiger partial charge in [-0.25, -0.2) is 0 Å². The Balaban J connectivity index is 2.83. The molecule has 0 aliphatic heterocycles. The molecule has 7 heteroatoms. The third-order valence-electron chi connectivity index (χ3n) is 0.592. The monoisotopic (exact) mass is 169 g/mol. The lowest BCUT2D eigenvalue weighted by Gasteiger charge is -1.95. The first-order valence-electron chi connectivity index (χ1n) is 1.98. The second-order valence-corrected chi connectivity index (χ2v) is 4.94. The number of hydrogen-bond donors (Lipinski definition) is 2. The first-order valence-corrected chi connectivity index (χ1v) is 4.67. The fourth-order valence-corrected chi connectivity index (χ4v) is 3.38. The molecule has 2 unspecified atom stereocenters. The van der Waals surface area contributed by atoms with Crippen LogP contribution in [0.4, 0.5) is 0 Å². The molecule has 0 spiro atoms. The molecule has 4 nitrogen and oxygen atoms in total. The van der Waals surface area contributed by atoms with E-state index >= 15 is 0 Å². The molecule has 0 saturated carbocycles. The van der Waals surface area contributed by atoms with E-state index in [-0.39, 0.29) is 6.73 Å². The van der Waals surface area contributed by atoms with Crippen molar-refractivity contribution in [2.24, 2.45) is 0 Å². The maximum absolute atomic E-state index is 8.53. The fraction of sp³-hybridized carbons (Fsp3) is 1.00. The lowest BCUT2D eigenvalue weighted by molar-refractivity contribution is 0.232. The van der Waals surface area contributed by atoms with Gasteiger partial charge in [-0.1, -0.05) is 0 Å². The highest BCUT2D eigenvalue weighted by molar-refractivity contribution is 7.44. The largest absolute Gasteiger partial charge is 0.375 e. The highest BCUT2D eigenvalue weighted by atomic mass is 31.1. The van der Waals surface area contributed by atoms with Crippen molar-refractivity contribution in [2.45, 2.75) is 6.73 Å². The summed E-state index contributed by atoms with van der Waals surface area (Å²) in [7, 11) is 1.92. The van der Waals surface area contributed by atoms with E-state index in [1.54, 1.807) is 0 Å². The Labute approximate surface area is 51.3 Å². The molecule has 1 aromatic heterocycles. The molecule has 46 valence electrons. The summed E-state index contributed by atoms with van der Waals surface area (Å²) in [4.78, 5) is 0. The van der Waals surface area contributed by atoms with Crippen LogP contribution in [0.2, 0.25) is 0 Å². The van der Waals surface area contributed by atoms with Crippen LogP contribution in [-0.4, -0.2) is 18.2 Å². The summed E-state index contributed by atoms with van der Waals surface area (Å²) in [5.74, 6) is 0. The molecular formula is CH6N3OP3. The minimum atomic E-state index is 0.114. The van der Waals surface area contributed by atoms with Crippen LogP contribution in [-0.2, 0) is 6.73 Å². The van der Waals surface area contributed by atoms with E-state index in [0.29, 0.717) is 17.0 Å². The lowest BCUT2D eigenvalue weighted by Crippen LogP contribution is -1.84. The van der Waals surface area contributed by atoms with E-state index < -0.39 is 0 Å². The molecule has 2 N–H and O–H groups in total. The number of aliphatic hydroxyl groups excluding tert-OH is 1. The van der Waals surface area contributed by atoms with Crippen LogP contribution in [0.5, 0.6) is 0 Å². The molecule has 0 fully saturated rings. The zero-order chi connectivity index (χ0) is 5.82. The lowest BCUT2D eigenvalue weighted by atomic mass is 11.4. The molecule has 0 bridgehead atoms. The maximum Gasteiger partial charge on any atom is 0.138 e. The number of aliphatic hydroxyl groups is 1. The van der Waals surface area contributed by atoms with Crippen molar-refractivity contribution in [3.63, 3.8) is 0 Å². The van der Waals surface area contributed by atoms with Crippen LogP contribution >= 0.6 is 25.5 Å². The molecule has 8 heavy (non-hydrogen) atoms. The SMILES string of the molecule is OCn1[pH]np[nH][pH]1. The summed E-state index contributed by atoms with van der Waals surface area (Å²) in [5.41, 5.74) is 0. The zero-order valence-electron chi connectivity index (χ0n) is 4.00. The van der Waals surface area contributed by atoms with E-state index in [1.165, 1.54) is 0 Å². The summed E-state index contributed by atoms with van der Waals surface area (Å²) in [5, 5.41) is 8.53. The quantitative estimate of drug-likeness (QED) is 0.656. The summed E-state index contributed by atoms with van der Waals surface area (Å²) < 4.78 is 8.83. The maximum atomic E-state index is 8.53. The Hall–Kier alpha value is 0.260. The zero-order valence-corrected chi connectivity index (χ0v) is 6.89. The number of hydrogen-bond acceptors (Lipinski definition) is 2. The summed E-state index contributed by atoms with van der Waals surface area (Å²) in [6.45, 7) is 0.114. The Morgan fingerprint density at radius 2 is 2.75 bits per heavy atom. The molecule has 0 aliphatic carbocycles. The van der Waals surface area contributed by atoms with Crippen molar-refractivity contribution in [3.05, 3.63) is 0 Å². The highest BCUT2D eigenvalue weighted by Gasteiger charge is 1.76. The van der Waals surface area contributed by atoms with Crippen molar-refractivity contribution < 1.29 is 5.11 Å². The average molecular weight is 169 g/mol. The molecule has 0 radical (unpaired) electrons. The van der Waals surface area contributed by atoms with Crippen LogP contribution < -0.4 is 0 Å². The minimum Gasteiger partial charge on any atom is -0.375 e. The Morgan fingerprint density at radius 1 is 1.88 bits per heavy atom. The van der Waals surface area contributed by atoms with E-state index in [2.05, 4.69) is 9.02 Å². The third-order valence-corrected chi connectivity index (χ3v) is 3.58. The smallest absolute Gasteiger partial charge is 0.138 e. The molecular weight excluding hydrogens is 163 g/mol. The number of aromatic amines is 1. The van der Waals surface area contributed by atoms with Gasteiger partial charge in [-0.05, 0) is 0 Å². The predicted octanol–water partition coefficient (Wildman–Crippen LogP) is 0.928. The second-order valence-electron chi connectivity index (χ2n) is 1.09. The Bertz CT molecular complexity index is 156. The van der Waals surface area contributed by atoms with Gasteiger partial charge in [-0.2, -0.15) is 4.51 Å². The van der Waals surface area contributed by atoms with Gasteiger partial charge in [0.2, 0.25) is 0 Å². The van der Waals surface area contributed by atoms with Crippen molar-refractivity contribution in [1.82, 2.24) is 13.1 Å². The van der Waals surface area contributed by atoms with Crippen LogP contribution in [0.3, 0.4) is 0 Å². The first kappa shape index (κ1) is 6.38. The average Bonchev–Trinajstić information content (AvgIpc) is 1.90. The highest BCUT2D eigenvalue weighted by Crippen LogP contribution is 2.09. The van der Waals surface area contributed by atoms with Gasteiger partial charge in [-0.3, -0.25) is 4.09 Å². The third kappa shape index (κ3) is 1.65. The normalized spacial score (nSPS) is 12.1. The molecule has 1 rings (SSSR count). The van der Waals surface area contributed by atoms with Crippen LogP contribution in [0, 0.1) is 0 Å². The summed E-state index contributed by atoms with van der Waals surface area (Å²) in [6.07, 6.45) is 0. The predicted molar refractivity (Wildman–Crippen MR) is 37.9 cm³/mol. The van der Waals surface area contributed by atoms with Gasteiger partial charge in [0.05, 0.1) is 0 Å². The van der Waals surface area contributed by atoms with E-state index in [0.717, 1.165) is 8.51 Å². The number of aromatic nitrogens is 3. The molecule has 0 amide bonds. The molecule has 0 aromatic carbocycles. The molecule has 1 aromatic rings. The topological polar surface area (TPSA) is 53.8 Å². The van der Waals surface area contributed by atoms with Crippen LogP contribution in [0.15, 0.2) is 0 Å². The van der Waals surface area contributed by atoms with Gasteiger partial charge < -0.3 is 9.62 Å². The van der Waals surface area contributed by atoms with Gasteiger partial charge in [0.1, 0.15) is 15.2 Å². The standard InChI is InChI=1S/CH6N3OP3/c5-1-4-7-2-6-3-8-4/h5,7-8H,1H2,(H,2,3). The van der Waals surface area contributed by atoms with E-state index in [1.807, 2.05) is 4.09 Å². The molecule has 1 heterocycles. The Morgan fingerprint density at radius 3 is 3.12 bits per heavy atom. The van der Waals surface area contributed by atoms with Gasteiger partial charge >= 0.3 is 0 Å². The number of H-pyrrole nitrogens is 1. The first-order chi connectivity index (χ1) is 3.93. The van der Waals surface area contributed by atoms with Gasteiger partial charge in [0, 0.05) is 17.0 Å². The molecule has 2 atom stereocenters.